The Labute approximate surface area is 246 Å². The van der Waals surface area contributed by atoms with E-state index in [2.05, 4.69) is 5.32 Å². The van der Waals surface area contributed by atoms with Gasteiger partial charge in [0.25, 0.3) is 10.0 Å². The van der Waals surface area contributed by atoms with E-state index in [4.69, 9.17) is 11.6 Å². The minimum Gasteiger partial charge on any atom is -0.357 e. The molecule has 0 spiro atoms. The summed E-state index contributed by atoms with van der Waals surface area (Å²) < 4.78 is 28.9. The lowest BCUT2D eigenvalue weighted by Gasteiger charge is -2.33. The molecule has 0 aliphatic rings. The van der Waals surface area contributed by atoms with Gasteiger partial charge in [0.15, 0.2) is 0 Å². The van der Waals surface area contributed by atoms with Crippen LogP contribution in [-0.2, 0) is 32.6 Å². The molecule has 2 amide bonds. The second kappa shape index (κ2) is 13.5. The summed E-state index contributed by atoms with van der Waals surface area (Å²) in [4.78, 5) is 28.9. The molecule has 1 N–H and O–H groups in total. The third-order valence-corrected chi connectivity index (χ3v) is 8.76. The van der Waals surface area contributed by atoms with Crippen molar-refractivity contribution in [2.24, 2.45) is 0 Å². The molecule has 1 atom stereocenters. The fourth-order valence-electron chi connectivity index (χ4n) is 4.47. The fraction of sp³-hybridized carbons (Fsp3) is 0.188. The molecule has 0 heterocycles. The van der Waals surface area contributed by atoms with E-state index in [1.165, 1.54) is 24.1 Å². The fourth-order valence-corrected chi connectivity index (χ4v) is 6.01. The molecule has 0 aromatic heterocycles. The zero-order chi connectivity index (χ0) is 29.4. The van der Waals surface area contributed by atoms with Gasteiger partial charge in [-0.05, 0) is 54.4 Å². The van der Waals surface area contributed by atoms with E-state index in [1.807, 2.05) is 67.6 Å². The molecule has 7 nitrogen and oxygen atoms in total. The normalized spacial score (nSPS) is 11.9. The number of amides is 2. The molecule has 0 saturated carbocycles. The summed E-state index contributed by atoms with van der Waals surface area (Å²) in [6, 6.07) is 30.5. The van der Waals surface area contributed by atoms with Gasteiger partial charge < -0.3 is 10.2 Å². The van der Waals surface area contributed by atoms with Crippen molar-refractivity contribution in [3.63, 3.8) is 0 Å². The van der Waals surface area contributed by atoms with Gasteiger partial charge in [-0.25, -0.2) is 8.42 Å². The molecular weight excluding hydrogens is 558 g/mol. The van der Waals surface area contributed by atoms with Gasteiger partial charge in [-0.2, -0.15) is 0 Å². The van der Waals surface area contributed by atoms with Gasteiger partial charge in [-0.3, -0.25) is 13.9 Å². The van der Waals surface area contributed by atoms with Crippen LogP contribution in [0.1, 0.15) is 16.7 Å². The quantitative estimate of drug-likeness (QED) is 0.260. The van der Waals surface area contributed by atoms with E-state index in [9.17, 15) is 18.0 Å². The SMILES string of the molecule is CNC(=O)C(Cc1ccccc1)N(Cc1ccccc1)C(=O)CN(c1ccc(Cl)cc1)S(=O)(=O)c1ccc(C)cc1. The lowest BCUT2D eigenvalue weighted by atomic mass is 10.0. The first-order valence-corrected chi connectivity index (χ1v) is 14.9. The minimum atomic E-state index is -4.15. The number of carbonyl (C=O) groups is 2. The summed E-state index contributed by atoms with van der Waals surface area (Å²) >= 11 is 6.09. The third-order valence-electron chi connectivity index (χ3n) is 6.72. The van der Waals surface area contributed by atoms with Crippen LogP contribution in [0, 0.1) is 6.92 Å². The van der Waals surface area contributed by atoms with Crippen molar-refractivity contribution in [2.75, 3.05) is 17.9 Å². The molecule has 0 aliphatic carbocycles. The average Bonchev–Trinajstić information content (AvgIpc) is 2.99. The molecule has 1 unspecified atom stereocenters. The first-order chi connectivity index (χ1) is 19.7. The lowest BCUT2D eigenvalue weighted by Crippen LogP contribution is -2.53. The third kappa shape index (κ3) is 7.54. The van der Waals surface area contributed by atoms with Gasteiger partial charge in [0.1, 0.15) is 12.6 Å². The number of hydrogen-bond donors (Lipinski definition) is 1. The Kier molecular flexibility index (Phi) is 9.81. The number of nitrogens with zero attached hydrogens (tertiary/aromatic N) is 2. The molecule has 4 rings (SSSR count). The summed E-state index contributed by atoms with van der Waals surface area (Å²) in [6.45, 7) is 1.46. The Morgan fingerprint density at radius 2 is 1.37 bits per heavy atom. The predicted molar refractivity (Wildman–Crippen MR) is 162 cm³/mol. The Morgan fingerprint density at radius 3 is 1.93 bits per heavy atom. The Bertz CT molecular complexity index is 1560. The molecule has 4 aromatic rings. The highest BCUT2D eigenvalue weighted by molar-refractivity contribution is 7.92. The van der Waals surface area contributed by atoms with E-state index >= 15 is 0 Å². The standard InChI is InChI=1S/C32H32ClN3O4S/c1-24-13-19-29(20-14-24)41(39,40)36(28-17-15-27(33)16-18-28)23-31(37)35(22-26-11-7-4-8-12-26)30(32(38)34-2)21-25-9-5-3-6-10-25/h3-20,30H,21-23H2,1-2H3,(H,34,38). The number of hydrogen-bond acceptors (Lipinski definition) is 4. The maximum atomic E-state index is 14.2. The van der Waals surface area contributed by atoms with E-state index < -0.39 is 28.5 Å². The summed E-state index contributed by atoms with van der Waals surface area (Å²) in [6.07, 6.45) is 0.255. The van der Waals surface area contributed by atoms with Crippen molar-refractivity contribution in [1.29, 1.82) is 0 Å². The van der Waals surface area contributed by atoms with Crippen molar-refractivity contribution in [1.82, 2.24) is 10.2 Å². The first-order valence-electron chi connectivity index (χ1n) is 13.1. The molecule has 0 radical (unpaired) electrons. The molecule has 9 heteroatoms. The van der Waals surface area contributed by atoms with Crippen molar-refractivity contribution < 1.29 is 18.0 Å². The van der Waals surface area contributed by atoms with Crippen molar-refractivity contribution >= 4 is 39.1 Å². The largest absolute Gasteiger partial charge is 0.357 e. The second-order valence-corrected chi connectivity index (χ2v) is 11.9. The van der Waals surface area contributed by atoms with Gasteiger partial charge in [-0.1, -0.05) is 90.0 Å². The van der Waals surface area contributed by atoms with E-state index in [0.717, 1.165) is 21.0 Å². The molecule has 0 bridgehead atoms. The number of anilines is 1. The number of sulfonamides is 1. The summed E-state index contributed by atoms with van der Waals surface area (Å²) in [5, 5.41) is 3.11. The Morgan fingerprint density at radius 1 is 0.805 bits per heavy atom. The van der Waals surface area contributed by atoms with Gasteiger partial charge in [0, 0.05) is 25.0 Å². The van der Waals surface area contributed by atoms with Gasteiger partial charge in [0.05, 0.1) is 10.6 Å². The number of carbonyl (C=O) groups excluding carboxylic acids is 2. The van der Waals surface area contributed by atoms with Gasteiger partial charge >= 0.3 is 0 Å². The number of rotatable bonds is 11. The van der Waals surface area contributed by atoms with E-state index in [0.29, 0.717) is 5.02 Å². The van der Waals surface area contributed by atoms with Crippen LogP contribution in [0.25, 0.3) is 0 Å². The average molecular weight is 590 g/mol. The van der Waals surface area contributed by atoms with Crippen LogP contribution >= 0.6 is 11.6 Å². The van der Waals surface area contributed by atoms with E-state index in [1.54, 1.807) is 36.4 Å². The Balaban J connectivity index is 1.77. The number of nitrogens with one attached hydrogen (secondary N) is 1. The van der Waals surface area contributed by atoms with Crippen molar-refractivity contribution in [3.8, 4) is 0 Å². The highest BCUT2D eigenvalue weighted by Crippen LogP contribution is 2.26. The number of benzene rings is 4. The lowest BCUT2D eigenvalue weighted by molar-refractivity contribution is -0.139. The summed E-state index contributed by atoms with van der Waals surface area (Å²) in [5.74, 6) is -0.874. The number of aryl methyl sites for hydroxylation is 1. The molecule has 0 saturated heterocycles. The van der Waals surface area contributed by atoms with Crippen LogP contribution in [0.5, 0.6) is 0 Å². The van der Waals surface area contributed by atoms with Gasteiger partial charge in [0.2, 0.25) is 11.8 Å². The topological polar surface area (TPSA) is 86.8 Å². The molecule has 4 aromatic carbocycles. The number of likely N-dealkylation sites (N-methyl/N-ethyl adjacent to an activating group) is 1. The van der Waals surface area contributed by atoms with Crippen LogP contribution in [-0.4, -0.2) is 44.8 Å². The highest BCUT2D eigenvalue weighted by atomic mass is 35.5. The highest BCUT2D eigenvalue weighted by Gasteiger charge is 2.34. The molecule has 212 valence electrons. The first kappa shape index (κ1) is 29.8. The van der Waals surface area contributed by atoms with Crippen LogP contribution in [0.3, 0.4) is 0 Å². The summed E-state index contributed by atoms with van der Waals surface area (Å²) in [7, 11) is -2.63. The zero-order valence-corrected chi connectivity index (χ0v) is 24.5. The van der Waals surface area contributed by atoms with Crippen LogP contribution in [0.2, 0.25) is 5.02 Å². The maximum absolute atomic E-state index is 14.2. The maximum Gasteiger partial charge on any atom is 0.264 e. The summed E-state index contributed by atoms with van der Waals surface area (Å²) in [5.41, 5.74) is 2.86. The van der Waals surface area contributed by atoms with Crippen molar-refractivity contribution in [3.05, 3.63) is 131 Å². The van der Waals surface area contributed by atoms with Crippen LogP contribution in [0.15, 0.2) is 114 Å². The second-order valence-electron chi connectivity index (χ2n) is 9.63. The van der Waals surface area contributed by atoms with Crippen LogP contribution < -0.4 is 9.62 Å². The smallest absolute Gasteiger partial charge is 0.264 e. The van der Waals surface area contributed by atoms with Crippen molar-refractivity contribution in [2.45, 2.75) is 30.8 Å². The van der Waals surface area contributed by atoms with E-state index in [-0.39, 0.29) is 29.5 Å². The predicted octanol–water partition coefficient (Wildman–Crippen LogP) is 5.23. The minimum absolute atomic E-state index is 0.0487. The number of halogens is 1. The van der Waals surface area contributed by atoms with Gasteiger partial charge in [-0.15, -0.1) is 0 Å². The molecule has 41 heavy (non-hydrogen) atoms. The molecule has 0 aliphatic heterocycles. The monoisotopic (exact) mass is 589 g/mol. The molecular formula is C32H32ClN3O4S. The molecule has 0 fully saturated rings. The Hall–Kier alpha value is -4.14. The van der Waals surface area contributed by atoms with Crippen LogP contribution in [0.4, 0.5) is 5.69 Å². The zero-order valence-electron chi connectivity index (χ0n) is 22.9.